The fraction of sp³-hybridized carbons (Fsp3) is 0.412. The summed E-state index contributed by atoms with van der Waals surface area (Å²) in [4.78, 5) is 8.41. The van der Waals surface area contributed by atoms with E-state index in [9.17, 15) is 0 Å². The van der Waals surface area contributed by atoms with Crippen molar-refractivity contribution in [3.63, 3.8) is 0 Å². The first-order valence-electron chi connectivity index (χ1n) is 7.37. The lowest BCUT2D eigenvalue weighted by molar-refractivity contribution is 0.395. The lowest BCUT2D eigenvalue weighted by Gasteiger charge is -2.19. The maximum atomic E-state index is 5.17. The number of rotatable bonds is 7. The van der Waals surface area contributed by atoms with E-state index in [0.29, 0.717) is 5.88 Å². The summed E-state index contributed by atoms with van der Waals surface area (Å²) in [7, 11) is 1.62. The highest BCUT2D eigenvalue weighted by Gasteiger charge is 2.13. The van der Waals surface area contributed by atoms with Crippen LogP contribution in [0.2, 0.25) is 0 Å². The zero-order valence-electron chi connectivity index (χ0n) is 13.0. The van der Waals surface area contributed by atoms with Crippen LogP contribution in [-0.2, 0) is 6.42 Å². The Kier molecular flexibility index (Phi) is 5.69. The van der Waals surface area contributed by atoms with Gasteiger partial charge >= 0.3 is 0 Å². The van der Waals surface area contributed by atoms with Gasteiger partial charge in [0.1, 0.15) is 6.33 Å². The van der Waals surface area contributed by atoms with E-state index in [1.807, 2.05) is 6.07 Å². The molecule has 1 heterocycles. The van der Waals surface area contributed by atoms with Gasteiger partial charge in [0.2, 0.25) is 5.88 Å². The summed E-state index contributed by atoms with van der Waals surface area (Å²) in [5.41, 5.74) is 3.55. The number of benzene rings is 1. The van der Waals surface area contributed by atoms with E-state index in [1.165, 1.54) is 11.1 Å². The molecule has 1 aromatic heterocycles. The zero-order chi connectivity index (χ0) is 15.1. The third-order valence-corrected chi connectivity index (χ3v) is 3.41. The topological polar surface area (TPSA) is 47.0 Å². The van der Waals surface area contributed by atoms with Crippen LogP contribution in [0.5, 0.6) is 5.88 Å². The molecule has 4 heteroatoms. The van der Waals surface area contributed by atoms with E-state index in [2.05, 4.69) is 53.4 Å². The Morgan fingerprint density at radius 1 is 1.24 bits per heavy atom. The fourth-order valence-corrected chi connectivity index (χ4v) is 2.32. The van der Waals surface area contributed by atoms with Gasteiger partial charge in [-0.25, -0.2) is 9.97 Å². The molecule has 2 aromatic rings. The molecule has 0 aliphatic carbocycles. The van der Waals surface area contributed by atoms with Gasteiger partial charge in [0.25, 0.3) is 0 Å². The van der Waals surface area contributed by atoms with Crippen LogP contribution >= 0.6 is 0 Å². The molecule has 0 saturated heterocycles. The van der Waals surface area contributed by atoms with Crippen molar-refractivity contribution in [2.75, 3.05) is 13.7 Å². The molecular weight excluding hydrogens is 262 g/mol. The SMILES string of the molecule is CCCNC(Cc1cc(OC)ncn1)c1cccc(C)c1. The average molecular weight is 285 g/mol. The molecule has 0 spiro atoms. The van der Waals surface area contributed by atoms with Crippen LogP contribution in [0.25, 0.3) is 0 Å². The molecule has 0 aliphatic rings. The predicted octanol–water partition coefficient (Wildman–Crippen LogP) is 3.08. The summed E-state index contributed by atoms with van der Waals surface area (Å²) in [6, 6.07) is 10.8. The molecule has 1 atom stereocenters. The van der Waals surface area contributed by atoms with Crippen molar-refractivity contribution in [2.24, 2.45) is 0 Å². The van der Waals surface area contributed by atoms with Gasteiger partial charge in [0.05, 0.1) is 7.11 Å². The number of nitrogens with one attached hydrogen (secondary N) is 1. The number of nitrogens with zero attached hydrogens (tertiary/aromatic N) is 2. The van der Waals surface area contributed by atoms with Gasteiger partial charge in [-0.1, -0.05) is 36.8 Å². The van der Waals surface area contributed by atoms with Crippen molar-refractivity contribution in [3.8, 4) is 5.88 Å². The number of hydrogen-bond donors (Lipinski definition) is 1. The van der Waals surface area contributed by atoms with Gasteiger partial charge in [0, 0.05) is 24.2 Å². The van der Waals surface area contributed by atoms with Crippen LogP contribution in [-0.4, -0.2) is 23.6 Å². The summed E-state index contributed by atoms with van der Waals surface area (Å²) in [6.45, 7) is 5.28. The van der Waals surface area contributed by atoms with E-state index in [1.54, 1.807) is 13.4 Å². The van der Waals surface area contributed by atoms with E-state index >= 15 is 0 Å². The summed E-state index contributed by atoms with van der Waals surface area (Å²) < 4.78 is 5.17. The molecule has 0 radical (unpaired) electrons. The molecule has 4 nitrogen and oxygen atoms in total. The van der Waals surface area contributed by atoms with Gasteiger partial charge in [0.15, 0.2) is 0 Å². The molecule has 112 valence electrons. The van der Waals surface area contributed by atoms with Crippen LogP contribution in [0, 0.1) is 6.92 Å². The van der Waals surface area contributed by atoms with Crippen molar-refractivity contribution < 1.29 is 4.74 Å². The Bertz CT molecular complexity index is 571. The largest absolute Gasteiger partial charge is 0.481 e. The summed E-state index contributed by atoms with van der Waals surface area (Å²) >= 11 is 0. The lowest BCUT2D eigenvalue weighted by Crippen LogP contribution is -2.24. The number of aromatic nitrogens is 2. The van der Waals surface area contributed by atoms with Crippen LogP contribution in [0.4, 0.5) is 0 Å². The molecule has 0 bridgehead atoms. The second-order valence-corrected chi connectivity index (χ2v) is 5.18. The normalized spacial score (nSPS) is 12.1. The first-order valence-corrected chi connectivity index (χ1v) is 7.37. The van der Waals surface area contributed by atoms with Crippen LogP contribution in [0.15, 0.2) is 36.7 Å². The molecule has 1 N–H and O–H groups in total. The number of ether oxygens (including phenoxy) is 1. The van der Waals surface area contributed by atoms with Gasteiger partial charge in [-0.3, -0.25) is 0 Å². The summed E-state index contributed by atoms with van der Waals surface area (Å²) in [5.74, 6) is 0.610. The first-order chi connectivity index (χ1) is 10.2. The van der Waals surface area contributed by atoms with Crippen LogP contribution in [0.3, 0.4) is 0 Å². The second-order valence-electron chi connectivity index (χ2n) is 5.18. The monoisotopic (exact) mass is 285 g/mol. The first kappa shape index (κ1) is 15.4. The minimum Gasteiger partial charge on any atom is -0.481 e. The Hall–Kier alpha value is -1.94. The Balaban J connectivity index is 2.19. The van der Waals surface area contributed by atoms with Crippen molar-refractivity contribution in [3.05, 3.63) is 53.5 Å². The van der Waals surface area contributed by atoms with E-state index < -0.39 is 0 Å². The summed E-state index contributed by atoms with van der Waals surface area (Å²) in [6.07, 6.45) is 3.49. The van der Waals surface area contributed by atoms with E-state index in [4.69, 9.17) is 4.74 Å². The smallest absolute Gasteiger partial charge is 0.216 e. The molecule has 0 amide bonds. The third-order valence-electron chi connectivity index (χ3n) is 3.41. The number of methoxy groups -OCH3 is 1. The molecule has 21 heavy (non-hydrogen) atoms. The highest BCUT2D eigenvalue weighted by Crippen LogP contribution is 2.20. The maximum Gasteiger partial charge on any atom is 0.216 e. The average Bonchev–Trinajstić information content (AvgIpc) is 2.51. The van der Waals surface area contributed by atoms with Crippen molar-refractivity contribution in [1.29, 1.82) is 0 Å². The Morgan fingerprint density at radius 2 is 2.10 bits per heavy atom. The second kappa shape index (κ2) is 7.74. The molecule has 2 rings (SSSR count). The molecule has 1 unspecified atom stereocenters. The molecular formula is C17H23N3O. The highest BCUT2D eigenvalue weighted by molar-refractivity contribution is 5.27. The van der Waals surface area contributed by atoms with Gasteiger partial charge in [-0.15, -0.1) is 0 Å². The lowest BCUT2D eigenvalue weighted by atomic mass is 10.00. The minimum atomic E-state index is 0.254. The van der Waals surface area contributed by atoms with Crippen molar-refractivity contribution in [2.45, 2.75) is 32.7 Å². The number of aryl methyl sites for hydroxylation is 1. The Labute approximate surface area is 126 Å². The van der Waals surface area contributed by atoms with Crippen LogP contribution < -0.4 is 10.1 Å². The zero-order valence-corrected chi connectivity index (χ0v) is 13.0. The minimum absolute atomic E-state index is 0.254. The van der Waals surface area contributed by atoms with Crippen molar-refractivity contribution in [1.82, 2.24) is 15.3 Å². The van der Waals surface area contributed by atoms with E-state index in [-0.39, 0.29) is 6.04 Å². The van der Waals surface area contributed by atoms with Gasteiger partial charge in [-0.05, 0) is 25.5 Å². The number of hydrogen-bond acceptors (Lipinski definition) is 4. The maximum absolute atomic E-state index is 5.17. The standard InChI is InChI=1S/C17H23N3O/c1-4-8-18-16(14-7-5-6-13(2)9-14)10-15-11-17(21-3)20-12-19-15/h5-7,9,11-12,16,18H,4,8,10H2,1-3H3. The van der Waals surface area contributed by atoms with Crippen molar-refractivity contribution >= 4 is 0 Å². The molecule has 0 saturated carbocycles. The van der Waals surface area contributed by atoms with E-state index in [0.717, 1.165) is 25.1 Å². The summed E-state index contributed by atoms with van der Waals surface area (Å²) in [5, 5.41) is 3.60. The Morgan fingerprint density at radius 3 is 2.81 bits per heavy atom. The fourth-order valence-electron chi connectivity index (χ4n) is 2.32. The van der Waals surface area contributed by atoms with Gasteiger partial charge in [-0.2, -0.15) is 0 Å². The predicted molar refractivity (Wildman–Crippen MR) is 84.5 cm³/mol. The third kappa shape index (κ3) is 4.53. The molecule has 1 aromatic carbocycles. The highest BCUT2D eigenvalue weighted by atomic mass is 16.5. The molecule has 0 fully saturated rings. The van der Waals surface area contributed by atoms with Gasteiger partial charge < -0.3 is 10.1 Å². The van der Waals surface area contributed by atoms with Crippen LogP contribution in [0.1, 0.15) is 36.2 Å². The molecule has 0 aliphatic heterocycles. The quantitative estimate of drug-likeness (QED) is 0.849.